The van der Waals surface area contributed by atoms with Gasteiger partial charge < -0.3 is 15.5 Å². The van der Waals surface area contributed by atoms with Gasteiger partial charge in [0, 0.05) is 59.7 Å². The van der Waals surface area contributed by atoms with Gasteiger partial charge in [-0.1, -0.05) is 78.4 Å². The Labute approximate surface area is 242 Å². The van der Waals surface area contributed by atoms with Crippen molar-refractivity contribution in [3.8, 4) is 0 Å². The highest BCUT2D eigenvalue weighted by Gasteiger charge is 2.42. The summed E-state index contributed by atoms with van der Waals surface area (Å²) in [6, 6.07) is 22.1. The lowest BCUT2D eigenvalue weighted by Crippen LogP contribution is -2.39. The number of rotatable bonds is 5. The third kappa shape index (κ3) is 5.57. The zero-order valence-electron chi connectivity index (χ0n) is 23.2. The van der Waals surface area contributed by atoms with Crippen LogP contribution in [-0.2, 0) is 14.4 Å². The molecule has 0 fully saturated rings. The Morgan fingerprint density at radius 3 is 2.38 bits per heavy atom. The van der Waals surface area contributed by atoms with E-state index in [4.69, 9.17) is 0 Å². The number of likely N-dealkylation sites (N-methyl/N-ethyl adjacent to an activating group) is 1. The Morgan fingerprint density at radius 2 is 1.69 bits per heavy atom. The number of nitrogens with one attached hydrogen (secondary N) is 2. The number of amides is 2. The smallest absolute Gasteiger partial charge is 0.275 e. The lowest BCUT2D eigenvalue weighted by molar-refractivity contribution is -0.116. The molecule has 0 saturated heterocycles. The van der Waals surface area contributed by atoms with E-state index in [-0.39, 0.29) is 23.3 Å². The maximum Gasteiger partial charge on any atom is 0.275 e. The van der Waals surface area contributed by atoms with E-state index < -0.39 is 35.8 Å². The van der Waals surface area contributed by atoms with Crippen LogP contribution in [0, 0.1) is 6.92 Å². The fraction of sp³-hybridized carbons (Fsp3) is 0.176. The van der Waals surface area contributed by atoms with Crippen molar-refractivity contribution in [3.05, 3.63) is 125 Å². The van der Waals surface area contributed by atoms with Gasteiger partial charge >= 0.3 is 0 Å². The number of para-hydroxylation sites is 2. The van der Waals surface area contributed by atoms with E-state index in [9.17, 15) is 14.4 Å². The number of carbonyl (C=O) groups excluding carboxylic acids is 3. The third-order valence-corrected chi connectivity index (χ3v) is 7.43. The Balaban J connectivity index is 1.64. The molecule has 0 bridgehead atoms. The monoisotopic (exact) mass is 565 g/mol. The van der Waals surface area contributed by atoms with Gasteiger partial charge in [0.15, 0.2) is 0 Å². The van der Waals surface area contributed by atoms with Crippen molar-refractivity contribution in [2.24, 2.45) is 0 Å². The predicted molar refractivity (Wildman–Crippen MR) is 161 cm³/mol. The highest BCUT2D eigenvalue weighted by atomic mass is 19.3. The van der Waals surface area contributed by atoms with Crippen LogP contribution in [0.1, 0.15) is 23.1 Å². The van der Waals surface area contributed by atoms with Crippen molar-refractivity contribution in [1.29, 1.82) is 0 Å². The molecule has 6 nitrogen and oxygen atoms in total. The van der Waals surface area contributed by atoms with E-state index in [1.807, 2.05) is 37.3 Å². The molecule has 1 aliphatic heterocycles. The van der Waals surface area contributed by atoms with Crippen molar-refractivity contribution in [3.63, 3.8) is 0 Å². The van der Waals surface area contributed by atoms with Crippen LogP contribution < -0.4 is 15.5 Å². The number of anilines is 2. The van der Waals surface area contributed by atoms with Crippen molar-refractivity contribution < 1.29 is 23.2 Å². The summed E-state index contributed by atoms with van der Waals surface area (Å²) in [7, 11) is 1.38. The first-order valence-corrected chi connectivity index (χ1v) is 13.5. The summed E-state index contributed by atoms with van der Waals surface area (Å²) in [6.07, 6.45) is 3.64. The van der Waals surface area contributed by atoms with Gasteiger partial charge in [0.05, 0.1) is 11.6 Å². The zero-order chi connectivity index (χ0) is 29.9. The van der Waals surface area contributed by atoms with Crippen molar-refractivity contribution in [2.75, 3.05) is 23.8 Å². The minimum Gasteiger partial charge on any atom is -0.359 e. The number of nitrogens with zero attached hydrogens (tertiary/aromatic N) is 1. The van der Waals surface area contributed by atoms with Crippen molar-refractivity contribution in [2.45, 2.75) is 25.3 Å². The van der Waals surface area contributed by atoms with E-state index >= 15 is 8.78 Å². The molecule has 3 aromatic carbocycles. The van der Waals surface area contributed by atoms with Gasteiger partial charge in [-0.15, -0.1) is 0 Å². The van der Waals surface area contributed by atoms with Crippen LogP contribution in [-0.4, -0.2) is 43.3 Å². The van der Waals surface area contributed by atoms with Crippen LogP contribution in [0.5, 0.6) is 0 Å². The number of halogens is 2. The first-order valence-electron chi connectivity index (χ1n) is 13.5. The Bertz CT molecular complexity index is 1670. The Kier molecular flexibility index (Phi) is 8.00. The SMILES string of the molecule is CNC(=O)C=C1c2ccccc2N(C2C=CC(C(=O)Nc3ccccc3)=C(c3ccc(C)cc3)C2=C=O)CCC1(F)F. The molecular formula is C34H29F2N3O3. The second kappa shape index (κ2) is 11.8. The molecule has 42 heavy (non-hydrogen) atoms. The van der Waals surface area contributed by atoms with Crippen molar-refractivity contribution >= 4 is 40.3 Å². The van der Waals surface area contributed by atoms with Gasteiger partial charge in [-0.3, -0.25) is 9.59 Å². The fourth-order valence-electron chi connectivity index (χ4n) is 5.31. The van der Waals surface area contributed by atoms with Crippen LogP contribution in [0.2, 0.25) is 0 Å². The second-order valence-corrected chi connectivity index (χ2v) is 10.1. The van der Waals surface area contributed by atoms with E-state index in [1.54, 1.807) is 65.6 Å². The zero-order valence-corrected chi connectivity index (χ0v) is 23.2. The van der Waals surface area contributed by atoms with Gasteiger partial charge in [0.2, 0.25) is 5.91 Å². The molecule has 0 saturated carbocycles. The Hall–Kier alpha value is -5.07. The molecule has 0 aromatic heterocycles. The maximum atomic E-state index is 15.5. The molecule has 0 spiro atoms. The summed E-state index contributed by atoms with van der Waals surface area (Å²) in [5.41, 5.74) is 3.22. The second-order valence-electron chi connectivity index (χ2n) is 10.1. The third-order valence-electron chi connectivity index (χ3n) is 7.43. The fourth-order valence-corrected chi connectivity index (χ4v) is 5.31. The number of benzene rings is 3. The molecule has 2 amide bonds. The molecule has 212 valence electrons. The highest BCUT2D eigenvalue weighted by Crippen LogP contribution is 2.45. The molecular weight excluding hydrogens is 536 g/mol. The lowest BCUT2D eigenvalue weighted by atomic mass is 9.83. The minimum absolute atomic E-state index is 0.123. The summed E-state index contributed by atoms with van der Waals surface area (Å²) < 4.78 is 31.1. The van der Waals surface area contributed by atoms with Gasteiger partial charge in [0.25, 0.3) is 11.8 Å². The summed E-state index contributed by atoms with van der Waals surface area (Å²) >= 11 is 0. The number of hydrogen-bond donors (Lipinski definition) is 2. The summed E-state index contributed by atoms with van der Waals surface area (Å²) in [5.74, 6) is -2.31. The van der Waals surface area contributed by atoms with Gasteiger partial charge in [0.1, 0.15) is 5.94 Å². The predicted octanol–water partition coefficient (Wildman–Crippen LogP) is 5.76. The quantitative estimate of drug-likeness (QED) is 0.305. The maximum absolute atomic E-state index is 15.5. The average molecular weight is 566 g/mol. The van der Waals surface area contributed by atoms with E-state index in [1.165, 1.54) is 7.05 Å². The summed E-state index contributed by atoms with van der Waals surface area (Å²) in [5, 5.41) is 5.26. The number of allylic oxidation sites excluding steroid dienone is 1. The first kappa shape index (κ1) is 28.5. The van der Waals surface area contributed by atoms with Gasteiger partial charge in [-0.25, -0.2) is 13.6 Å². The van der Waals surface area contributed by atoms with Crippen LogP contribution in [0.15, 0.2) is 108 Å². The molecule has 1 heterocycles. The van der Waals surface area contributed by atoms with Crippen LogP contribution in [0.3, 0.4) is 0 Å². The molecule has 5 rings (SSSR count). The highest BCUT2D eigenvalue weighted by molar-refractivity contribution is 6.15. The van der Waals surface area contributed by atoms with E-state index in [0.717, 1.165) is 11.6 Å². The molecule has 3 aromatic rings. The summed E-state index contributed by atoms with van der Waals surface area (Å²) in [6.45, 7) is 1.81. The van der Waals surface area contributed by atoms with E-state index in [2.05, 4.69) is 16.6 Å². The molecule has 1 aliphatic carbocycles. The minimum atomic E-state index is -3.31. The molecule has 2 N–H and O–H groups in total. The number of fused-ring (bicyclic) bond motifs is 1. The molecule has 1 atom stereocenters. The number of carbonyl (C=O) groups is 2. The van der Waals surface area contributed by atoms with E-state index in [0.29, 0.717) is 22.5 Å². The number of alkyl halides is 2. The lowest BCUT2D eigenvalue weighted by Gasteiger charge is -2.35. The Morgan fingerprint density at radius 1 is 1.00 bits per heavy atom. The van der Waals surface area contributed by atoms with Crippen LogP contribution in [0.25, 0.3) is 11.1 Å². The molecule has 1 unspecified atom stereocenters. The number of aryl methyl sites for hydroxylation is 1. The van der Waals surface area contributed by atoms with Gasteiger partial charge in [-0.05, 0) is 30.7 Å². The first-order chi connectivity index (χ1) is 20.2. The van der Waals surface area contributed by atoms with Gasteiger partial charge in [-0.2, -0.15) is 0 Å². The van der Waals surface area contributed by atoms with Crippen LogP contribution in [0.4, 0.5) is 20.2 Å². The standard InChI is InChI=1S/C34H29F2N3O3/c1-22-12-14-23(15-13-22)32-26(33(42)38-24-8-4-3-5-9-24)16-17-30(27(32)21-40)39-19-18-34(35,36)28(20-31(41)37-2)25-10-6-7-11-29(25)39/h3-17,20,30H,18-19H2,1-2H3,(H,37,41)(H,38,42). The van der Waals surface area contributed by atoms with Crippen molar-refractivity contribution in [1.82, 2.24) is 5.32 Å². The molecule has 8 heteroatoms. The normalized spacial score (nSPS) is 18.7. The van der Waals surface area contributed by atoms with Crippen LogP contribution >= 0.6 is 0 Å². The molecule has 0 radical (unpaired) electrons. The molecule has 2 aliphatic rings. The number of hydrogen-bond acceptors (Lipinski definition) is 4. The largest absolute Gasteiger partial charge is 0.359 e. The summed E-state index contributed by atoms with van der Waals surface area (Å²) in [4.78, 5) is 40.2. The topological polar surface area (TPSA) is 78.5 Å². The average Bonchev–Trinajstić information content (AvgIpc) is 3.10.